The van der Waals surface area contributed by atoms with E-state index < -0.39 is 33.7 Å². The molecule has 2 rings (SSSR count). The number of benzene rings is 2. The van der Waals surface area contributed by atoms with Crippen molar-refractivity contribution in [3.8, 4) is 6.07 Å². The number of halogens is 4. The summed E-state index contributed by atoms with van der Waals surface area (Å²) in [5, 5.41) is 8.58. The highest BCUT2D eigenvalue weighted by molar-refractivity contribution is 8.23. The second-order valence-corrected chi connectivity index (χ2v) is 6.43. The number of para-hydroxylation sites is 1. The molecule has 0 amide bonds. The normalized spacial score (nSPS) is 10.4. The lowest BCUT2D eigenvalue weighted by Crippen LogP contribution is -2.22. The molecule has 0 unspecified atom stereocenters. The molecule has 0 saturated carbocycles. The molecule has 124 valence electrons. The van der Waals surface area contributed by atoms with Crippen LogP contribution in [0.15, 0.2) is 29.2 Å². The standard InChI is InChI=1S/C16H10F4N2S2/c1-8-5-3-4-6-10(8)22(2)16(23)24-15-13(19)11(17)9(7-21)12(18)14(15)20/h3-6H,1-2H3. The van der Waals surface area contributed by atoms with E-state index in [-0.39, 0.29) is 4.32 Å². The van der Waals surface area contributed by atoms with E-state index in [1.54, 1.807) is 19.2 Å². The molecule has 0 saturated heterocycles. The fourth-order valence-electron chi connectivity index (χ4n) is 1.99. The smallest absolute Gasteiger partial charge is 0.180 e. The largest absolute Gasteiger partial charge is 0.330 e. The minimum Gasteiger partial charge on any atom is -0.330 e. The average Bonchev–Trinajstić information content (AvgIpc) is 2.57. The van der Waals surface area contributed by atoms with Crippen molar-refractivity contribution in [2.45, 2.75) is 11.8 Å². The number of thiocarbonyl (C=S) groups is 1. The molecule has 0 aliphatic carbocycles. The van der Waals surface area contributed by atoms with Crippen LogP contribution in [0.1, 0.15) is 11.1 Å². The lowest BCUT2D eigenvalue weighted by molar-refractivity contribution is 0.423. The van der Waals surface area contributed by atoms with Gasteiger partial charge in [0.05, 0.1) is 4.90 Å². The summed E-state index contributed by atoms with van der Waals surface area (Å²) in [5.41, 5.74) is 0.249. The number of hydrogen-bond donors (Lipinski definition) is 0. The zero-order valence-electron chi connectivity index (χ0n) is 12.5. The predicted octanol–water partition coefficient (Wildman–Crippen LogP) is 4.94. The van der Waals surface area contributed by atoms with Crippen LogP contribution < -0.4 is 4.90 Å². The maximum absolute atomic E-state index is 14.0. The molecule has 0 fully saturated rings. The van der Waals surface area contributed by atoms with E-state index in [2.05, 4.69) is 0 Å². The van der Waals surface area contributed by atoms with Crippen LogP contribution in [0.25, 0.3) is 0 Å². The molecule has 2 aromatic rings. The van der Waals surface area contributed by atoms with Gasteiger partial charge in [-0.05, 0) is 18.6 Å². The first-order valence-corrected chi connectivity index (χ1v) is 7.79. The van der Waals surface area contributed by atoms with Crippen LogP contribution in [0.2, 0.25) is 0 Å². The number of aryl methyl sites for hydroxylation is 1. The topological polar surface area (TPSA) is 27.0 Å². The third-order valence-corrected chi connectivity index (χ3v) is 4.81. The molecule has 0 aliphatic rings. The van der Waals surface area contributed by atoms with E-state index in [0.717, 1.165) is 11.6 Å². The van der Waals surface area contributed by atoms with Gasteiger partial charge in [-0.2, -0.15) is 5.26 Å². The van der Waals surface area contributed by atoms with Gasteiger partial charge < -0.3 is 4.90 Å². The fraction of sp³-hybridized carbons (Fsp3) is 0.125. The third kappa shape index (κ3) is 3.23. The number of nitriles is 1. The van der Waals surface area contributed by atoms with Gasteiger partial charge in [-0.1, -0.05) is 42.2 Å². The van der Waals surface area contributed by atoms with Gasteiger partial charge in [-0.25, -0.2) is 17.6 Å². The Kier molecular flexibility index (Phi) is 5.47. The third-order valence-electron chi connectivity index (χ3n) is 3.27. The van der Waals surface area contributed by atoms with Crippen LogP contribution in [0, 0.1) is 41.5 Å². The van der Waals surface area contributed by atoms with Gasteiger partial charge in [0, 0.05) is 12.7 Å². The predicted molar refractivity (Wildman–Crippen MR) is 89.0 cm³/mol. The van der Waals surface area contributed by atoms with Crippen molar-refractivity contribution >= 4 is 34.0 Å². The molecule has 24 heavy (non-hydrogen) atoms. The zero-order chi connectivity index (χ0) is 18.0. The van der Waals surface area contributed by atoms with Crippen LogP contribution in [-0.4, -0.2) is 11.4 Å². The second-order valence-electron chi connectivity index (χ2n) is 4.79. The van der Waals surface area contributed by atoms with Crippen molar-refractivity contribution in [1.29, 1.82) is 5.26 Å². The van der Waals surface area contributed by atoms with Crippen LogP contribution >= 0.6 is 24.0 Å². The van der Waals surface area contributed by atoms with Crippen molar-refractivity contribution in [2.24, 2.45) is 0 Å². The number of anilines is 1. The monoisotopic (exact) mass is 370 g/mol. The number of nitrogens with zero attached hydrogens (tertiary/aromatic N) is 2. The van der Waals surface area contributed by atoms with Gasteiger partial charge in [0.1, 0.15) is 16.0 Å². The van der Waals surface area contributed by atoms with Crippen molar-refractivity contribution in [1.82, 2.24) is 0 Å². The summed E-state index contributed by atoms with van der Waals surface area (Å²) >= 11 is 5.49. The van der Waals surface area contributed by atoms with Gasteiger partial charge in [0.25, 0.3) is 0 Å². The Morgan fingerprint density at radius 1 is 1.08 bits per heavy atom. The first-order chi connectivity index (χ1) is 11.3. The molecule has 0 heterocycles. The molecule has 0 atom stereocenters. The van der Waals surface area contributed by atoms with E-state index in [1.807, 2.05) is 19.1 Å². The molecule has 0 bridgehead atoms. The molecule has 0 radical (unpaired) electrons. The molecule has 0 aliphatic heterocycles. The van der Waals surface area contributed by atoms with Crippen molar-refractivity contribution in [3.63, 3.8) is 0 Å². The summed E-state index contributed by atoms with van der Waals surface area (Å²) in [6.45, 7) is 1.82. The molecule has 0 aromatic heterocycles. The highest BCUT2D eigenvalue weighted by Crippen LogP contribution is 2.34. The lowest BCUT2D eigenvalue weighted by Gasteiger charge is -2.22. The molecule has 0 spiro atoms. The maximum Gasteiger partial charge on any atom is 0.180 e. The van der Waals surface area contributed by atoms with Crippen molar-refractivity contribution in [3.05, 3.63) is 58.7 Å². The van der Waals surface area contributed by atoms with Gasteiger partial charge in [-0.3, -0.25) is 0 Å². The van der Waals surface area contributed by atoms with Crippen LogP contribution in [0.5, 0.6) is 0 Å². The SMILES string of the molecule is Cc1ccccc1N(C)C(=S)Sc1c(F)c(F)c(C#N)c(F)c1F. The Balaban J connectivity index is 2.40. The number of thioether (sulfide) groups is 1. The first kappa shape index (κ1) is 18.2. The zero-order valence-corrected chi connectivity index (χ0v) is 14.2. The van der Waals surface area contributed by atoms with Gasteiger partial charge in [-0.15, -0.1) is 0 Å². The lowest BCUT2D eigenvalue weighted by atomic mass is 10.2. The minimum atomic E-state index is -1.74. The summed E-state index contributed by atoms with van der Waals surface area (Å²) in [6.07, 6.45) is 0. The molecule has 2 nitrogen and oxygen atoms in total. The fourth-order valence-corrected chi connectivity index (χ4v) is 3.11. The Morgan fingerprint density at radius 3 is 2.12 bits per heavy atom. The second kappa shape index (κ2) is 7.20. The van der Waals surface area contributed by atoms with E-state index in [0.29, 0.717) is 17.4 Å². The highest BCUT2D eigenvalue weighted by atomic mass is 32.2. The van der Waals surface area contributed by atoms with E-state index in [1.165, 1.54) is 4.90 Å². The van der Waals surface area contributed by atoms with Crippen molar-refractivity contribution < 1.29 is 17.6 Å². The number of rotatable bonds is 2. The van der Waals surface area contributed by atoms with Gasteiger partial charge in [0.2, 0.25) is 0 Å². The molecule has 0 N–H and O–H groups in total. The number of hydrogen-bond acceptors (Lipinski definition) is 3. The Labute approximate surface area is 145 Å². The average molecular weight is 370 g/mol. The summed E-state index contributed by atoms with van der Waals surface area (Å²) in [5.74, 6) is -6.76. The van der Waals surface area contributed by atoms with Gasteiger partial charge in [0.15, 0.2) is 23.3 Å². The maximum atomic E-state index is 14.0. The molecular formula is C16H10F4N2S2. The Bertz CT molecular complexity index is 833. The van der Waals surface area contributed by atoms with Crippen LogP contribution in [-0.2, 0) is 0 Å². The van der Waals surface area contributed by atoms with E-state index in [4.69, 9.17) is 17.5 Å². The summed E-state index contributed by atoms with van der Waals surface area (Å²) in [7, 11) is 1.57. The summed E-state index contributed by atoms with van der Waals surface area (Å²) < 4.78 is 55.3. The molecule has 2 aromatic carbocycles. The molecule has 8 heteroatoms. The van der Waals surface area contributed by atoms with E-state index in [9.17, 15) is 17.6 Å². The highest BCUT2D eigenvalue weighted by Gasteiger charge is 2.27. The van der Waals surface area contributed by atoms with Crippen LogP contribution in [0.4, 0.5) is 23.2 Å². The van der Waals surface area contributed by atoms with Crippen LogP contribution in [0.3, 0.4) is 0 Å². The first-order valence-electron chi connectivity index (χ1n) is 6.56. The van der Waals surface area contributed by atoms with Crippen molar-refractivity contribution in [2.75, 3.05) is 11.9 Å². The summed E-state index contributed by atoms with van der Waals surface area (Å²) in [6, 6.07) is 8.24. The minimum absolute atomic E-state index is 0.00870. The van der Waals surface area contributed by atoms with Gasteiger partial charge >= 0.3 is 0 Å². The van der Waals surface area contributed by atoms with E-state index >= 15 is 0 Å². The Hall–Kier alpha value is -2.11. The molecular weight excluding hydrogens is 360 g/mol. The summed E-state index contributed by atoms with van der Waals surface area (Å²) in [4.78, 5) is 0.553. The quantitative estimate of drug-likeness (QED) is 0.324. The Morgan fingerprint density at radius 2 is 1.62 bits per heavy atom.